The predicted molar refractivity (Wildman–Crippen MR) is 85.9 cm³/mol. The lowest BCUT2D eigenvalue weighted by atomic mass is 9.92. The Morgan fingerprint density at radius 1 is 1.43 bits per heavy atom. The number of non-ortho nitro benzene ring substituents is 1. The van der Waals surface area contributed by atoms with Gasteiger partial charge in [0.25, 0.3) is 5.69 Å². The molecule has 0 bridgehead atoms. The number of nitrogens with one attached hydrogen (secondary N) is 1. The maximum absolute atomic E-state index is 10.7. The molecular formula is C16H23ClN2O2. The van der Waals surface area contributed by atoms with E-state index in [-0.39, 0.29) is 5.69 Å². The molecule has 0 heterocycles. The normalized spacial score (nSPS) is 17.0. The van der Waals surface area contributed by atoms with E-state index >= 15 is 0 Å². The molecule has 1 N–H and O–H groups in total. The van der Waals surface area contributed by atoms with Crippen LogP contribution in [0.3, 0.4) is 0 Å². The summed E-state index contributed by atoms with van der Waals surface area (Å²) in [5, 5.41) is 14.8. The van der Waals surface area contributed by atoms with E-state index in [4.69, 9.17) is 11.6 Å². The van der Waals surface area contributed by atoms with Gasteiger partial charge in [0.1, 0.15) is 0 Å². The van der Waals surface area contributed by atoms with Gasteiger partial charge in [-0.2, -0.15) is 0 Å². The van der Waals surface area contributed by atoms with Crippen LogP contribution in [0, 0.1) is 16.0 Å². The molecule has 0 spiro atoms. The predicted octanol–water partition coefficient (Wildman–Crippen LogP) is 4.35. The van der Waals surface area contributed by atoms with E-state index in [1.807, 2.05) is 0 Å². The molecule has 0 radical (unpaired) electrons. The first-order chi connectivity index (χ1) is 10.1. The maximum Gasteiger partial charge on any atom is 0.270 e. The molecule has 1 aliphatic carbocycles. The smallest absolute Gasteiger partial charge is 0.270 e. The van der Waals surface area contributed by atoms with Crippen LogP contribution in [0.4, 0.5) is 5.69 Å². The van der Waals surface area contributed by atoms with E-state index in [0.29, 0.717) is 11.1 Å². The number of hydrogen-bond acceptors (Lipinski definition) is 3. The molecule has 1 aromatic carbocycles. The van der Waals surface area contributed by atoms with Crippen LogP contribution in [0.25, 0.3) is 0 Å². The van der Waals surface area contributed by atoms with Gasteiger partial charge in [0.2, 0.25) is 0 Å². The van der Waals surface area contributed by atoms with E-state index < -0.39 is 4.92 Å². The van der Waals surface area contributed by atoms with Crippen molar-refractivity contribution in [3.8, 4) is 0 Å². The summed E-state index contributed by atoms with van der Waals surface area (Å²) in [6.07, 6.45) is 7.20. The lowest BCUT2D eigenvalue weighted by Gasteiger charge is -2.24. The molecule has 21 heavy (non-hydrogen) atoms. The summed E-state index contributed by atoms with van der Waals surface area (Å²) in [5.74, 6) is 0.766. The van der Waals surface area contributed by atoms with Gasteiger partial charge >= 0.3 is 0 Å². The van der Waals surface area contributed by atoms with Crippen LogP contribution in [0.15, 0.2) is 18.2 Å². The van der Waals surface area contributed by atoms with Gasteiger partial charge in [-0.1, -0.05) is 37.4 Å². The summed E-state index contributed by atoms with van der Waals surface area (Å²) >= 11 is 6.17. The second-order valence-corrected chi connectivity index (χ2v) is 6.19. The molecule has 2 rings (SSSR count). The fraction of sp³-hybridized carbons (Fsp3) is 0.625. The van der Waals surface area contributed by atoms with Crippen LogP contribution in [-0.2, 0) is 6.42 Å². The minimum Gasteiger partial charge on any atom is -0.314 e. The number of aryl methyl sites for hydroxylation is 1. The first-order valence-corrected chi connectivity index (χ1v) is 8.15. The van der Waals surface area contributed by atoms with Crippen molar-refractivity contribution in [2.24, 2.45) is 5.92 Å². The average molecular weight is 311 g/mol. The minimum absolute atomic E-state index is 0.0581. The molecule has 1 aromatic rings. The highest BCUT2D eigenvalue weighted by atomic mass is 35.5. The van der Waals surface area contributed by atoms with Crippen LogP contribution in [0.2, 0.25) is 5.02 Å². The SMILES string of the molecule is CCNC(CCc1ccc([N+](=O)[O-])cc1Cl)C1CCCC1. The highest BCUT2D eigenvalue weighted by molar-refractivity contribution is 6.31. The molecule has 5 heteroatoms. The Labute approximate surface area is 131 Å². The van der Waals surface area contributed by atoms with Gasteiger partial charge in [0.15, 0.2) is 0 Å². The number of nitro benzene ring substituents is 1. The Bertz CT molecular complexity index is 487. The summed E-state index contributed by atoms with van der Waals surface area (Å²) in [5.41, 5.74) is 1.06. The van der Waals surface area contributed by atoms with Gasteiger partial charge in [-0.25, -0.2) is 0 Å². The average Bonchev–Trinajstić information content (AvgIpc) is 2.98. The molecule has 0 aliphatic heterocycles. The van der Waals surface area contributed by atoms with E-state index in [1.165, 1.54) is 31.7 Å². The topological polar surface area (TPSA) is 55.2 Å². The number of nitro groups is 1. The molecule has 0 aromatic heterocycles. The number of halogens is 1. The van der Waals surface area contributed by atoms with E-state index in [0.717, 1.165) is 30.9 Å². The van der Waals surface area contributed by atoms with Gasteiger partial charge in [0, 0.05) is 18.2 Å². The Morgan fingerprint density at radius 2 is 2.14 bits per heavy atom. The molecule has 116 valence electrons. The van der Waals surface area contributed by atoms with Gasteiger partial charge in [-0.05, 0) is 43.7 Å². The Balaban J connectivity index is 1.98. The first-order valence-electron chi connectivity index (χ1n) is 7.78. The number of hydrogen-bond donors (Lipinski definition) is 1. The standard InChI is InChI=1S/C16H23ClN2O2/c1-2-18-16(13-5-3-4-6-13)10-8-12-7-9-14(19(20)21)11-15(12)17/h7,9,11,13,16,18H,2-6,8,10H2,1H3. The molecule has 4 nitrogen and oxygen atoms in total. The fourth-order valence-corrected chi connectivity index (χ4v) is 3.56. The van der Waals surface area contributed by atoms with Crippen LogP contribution in [0.1, 0.15) is 44.6 Å². The van der Waals surface area contributed by atoms with E-state index in [2.05, 4.69) is 12.2 Å². The summed E-state index contributed by atoms with van der Waals surface area (Å²) in [6.45, 7) is 3.12. The minimum atomic E-state index is -0.407. The largest absolute Gasteiger partial charge is 0.314 e. The zero-order valence-electron chi connectivity index (χ0n) is 12.5. The van der Waals surface area contributed by atoms with E-state index in [9.17, 15) is 10.1 Å². The third-order valence-electron chi connectivity index (χ3n) is 4.41. The molecule has 0 saturated heterocycles. The quantitative estimate of drug-likeness (QED) is 0.601. The third-order valence-corrected chi connectivity index (χ3v) is 4.76. The Morgan fingerprint density at radius 3 is 2.71 bits per heavy atom. The van der Waals surface area contributed by atoms with Crippen molar-refractivity contribution in [3.63, 3.8) is 0 Å². The van der Waals surface area contributed by atoms with Gasteiger partial charge in [-0.15, -0.1) is 0 Å². The number of benzene rings is 1. The van der Waals surface area contributed by atoms with Crippen molar-refractivity contribution in [3.05, 3.63) is 38.9 Å². The highest BCUT2D eigenvalue weighted by Gasteiger charge is 2.24. The van der Waals surface area contributed by atoms with Crippen molar-refractivity contribution >= 4 is 17.3 Å². The second-order valence-electron chi connectivity index (χ2n) is 5.78. The molecule has 1 aliphatic rings. The van der Waals surface area contributed by atoms with Crippen molar-refractivity contribution in [1.29, 1.82) is 0 Å². The van der Waals surface area contributed by atoms with E-state index in [1.54, 1.807) is 12.1 Å². The monoisotopic (exact) mass is 310 g/mol. The maximum atomic E-state index is 10.7. The fourth-order valence-electron chi connectivity index (χ4n) is 3.29. The van der Waals surface area contributed by atoms with Gasteiger partial charge in [-0.3, -0.25) is 10.1 Å². The number of rotatable bonds is 7. The molecule has 1 unspecified atom stereocenters. The number of nitrogens with zero attached hydrogens (tertiary/aromatic N) is 1. The molecular weight excluding hydrogens is 288 g/mol. The van der Waals surface area contributed by atoms with Crippen molar-refractivity contribution in [1.82, 2.24) is 5.32 Å². The molecule has 0 amide bonds. The summed E-state index contributed by atoms with van der Waals surface area (Å²) in [6, 6.07) is 5.31. The van der Waals surface area contributed by atoms with Crippen molar-refractivity contribution in [2.75, 3.05) is 6.54 Å². The zero-order valence-corrected chi connectivity index (χ0v) is 13.2. The zero-order chi connectivity index (χ0) is 15.2. The van der Waals surface area contributed by atoms with Gasteiger partial charge in [0.05, 0.1) is 9.95 Å². The Kier molecular flexibility index (Phi) is 6.00. The first kappa shape index (κ1) is 16.2. The lowest BCUT2D eigenvalue weighted by molar-refractivity contribution is -0.384. The van der Waals surface area contributed by atoms with Gasteiger partial charge < -0.3 is 5.32 Å². The lowest BCUT2D eigenvalue weighted by Crippen LogP contribution is -2.35. The third kappa shape index (κ3) is 4.42. The van der Waals surface area contributed by atoms with Crippen LogP contribution in [-0.4, -0.2) is 17.5 Å². The highest BCUT2D eigenvalue weighted by Crippen LogP contribution is 2.30. The Hall–Kier alpha value is -1.13. The van der Waals surface area contributed by atoms with Crippen LogP contribution < -0.4 is 5.32 Å². The summed E-state index contributed by atoms with van der Waals surface area (Å²) in [7, 11) is 0. The molecule has 1 atom stereocenters. The molecule has 1 fully saturated rings. The summed E-state index contributed by atoms with van der Waals surface area (Å²) in [4.78, 5) is 10.3. The summed E-state index contributed by atoms with van der Waals surface area (Å²) < 4.78 is 0. The van der Waals surface area contributed by atoms with Crippen LogP contribution >= 0.6 is 11.6 Å². The van der Waals surface area contributed by atoms with Crippen molar-refractivity contribution < 1.29 is 4.92 Å². The van der Waals surface area contributed by atoms with Crippen LogP contribution in [0.5, 0.6) is 0 Å². The van der Waals surface area contributed by atoms with Crippen molar-refractivity contribution in [2.45, 2.75) is 51.5 Å². The molecule has 1 saturated carbocycles. The second kappa shape index (κ2) is 7.76.